The van der Waals surface area contributed by atoms with Crippen LogP contribution in [0.5, 0.6) is 0 Å². The normalized spacial score (nSPS) is 12.7. The number of aryl methyl sites for hydroxylation is 1. The van der Waals surface area contributed by atoms with E-state index in [1.807, 2.05) is 31.2 Å². The molecular weight excluding hydrogens is 200 g/mol. The lowest BCUT2D eigenvalue weighted by Gasteiger charge is -2.13. The molecule has 0 bridgehead atoms. The van der Waals surface area contributed by atoms with Gasteiger partial charge in [-0.1, -0.05) is 44.0 Å². The van der Waals surface area contributed by atoms with Crippen molar-refractivity contribution in [3.05, 3.63) is 35.4 Å². The summed E-state index contributed by atoms with van der Waals surface area (Å²) < 4.78 is 5.46. The van der Waals surface area contributed by atoms with Crippen molar-refractivity contribution in [2.45, 2.75) is 39.2 Å². The van der Waals surface area contributed by atoms with Gasteiger partial charge in [0.05, 0.1) is 6.61 Å². The van der Waals surface area contributed by atoms with Gasteiger partial charge >= 0.3 is 0 Å². The third kappa shape index (κ3) is 4.33. The van der Waals surface area contributed by atoms with Crippen LogP contribution in [-0.2, 0) is 4.74 Å². The van der Waals surface area contributed by atoms with E-state index < -0.39 is 6.10 Å². The number of rotatable bonds is 7. The Labute approximate surface area is 98.3 Å². The summed E-state index contributed by atoms with van der Waals surface area (Å²) in [5.74, 6) is 0. The number of benzene rings is 1. The van der Waals surface area contributed by atoms with Gasteiger partial charge in [0, 0.05) is 6.61 Å². The summed E-state index contributed by atoms with van der Waals surface area (Å²) >= 11 is 0. The van der Waals surface area contributed by atoms with E-state index in [0.717, 1.165) is 24.2 Å². The first-order valence-electron chi connectivity index (χ1n) is 6.07. The maximum absolute atomic E-state index is 9.93. The highest BCUT2D eigenvalue weighted by Crippen LogP contribution is 2.17. The van der Waals surface area contributed by atoms with Crippen LogP contribution in [0.15, 0.2) is 24.3 Å². The first kappa shape index (κ1) is 13.2. The molecule has 0 aliphatic rings. The van der Waals surface area contributed by atoms with E-state index in [-0.39, 0.29) is 0 Å². The number of hydrogen-bond acceptors (Lipinski definition) is 2. The summed E-state index contributed by atoms with van der Waals surface area (Å²) in [6.07, 6.45) is 2.98. The zero-order valence-corrected chi connectivity index (χ0v) is 10.3. The second kappa shape index (κ2) is 7.42. The Morgan fingerprint density at radius 2 is 2.00 bits per heavy atom. The molecule has 0 aliphatic carbocycles. The van der Waals surface area contributed by atoms with Gasteiger partial charge in [0.15, 0.2) is 0 Å². The molecule has 0 amide bonds. The summed E-state index contributed by atoms with van der Waals surface area (Å²) in [6.45, 7) is 5.32. The van der Waals surface area contributed by atoms with Crippen molar-refractivity contribution >= 4 is 0 Å². The molecule has 0 saturated heterocycles. The Morgan fingerprint density at radius 3 is 2.69 bits per heavy atom. The maximum Gasteiger partial charge on any atom is 0.103 e. The van der Waals surface area contributed by atoms with Crippen LogP contribution >= 0.6 is 0 Å². The van der Waals surface area contributed by atoms with Crippen molar-refractivity contribution in [2.24, 2.45) is 0 Å². The van der Waals surface area contributed by atoms with E-state index in [2.05, 4.69) is 6.92 Å². The van der Waals surface area contributed by atoms with Crippen molar-refractivity contribution in [1.82, 2.24) is 0 Å². The molecule has 1 atom stereocenters. The Hall–Kier alpha value is -0.860. The van der Waals surface area contributed by atoms with Crippen LogP contribution < -0.4 is 0 Å². The van der Waals surface area contributed by atoms with E-state index in [0.29, 0.717) is 6.61 Å². The predicted octanol–water partition coefficient (Wildman–Crippen LogP) is 3.24. The Bertz CT molecular complexity index is 297. The number of aliphatic hydroxyl groups excluding tert-OH is 1. The van der Waals surface area contributed by atoms with Gasteiger partial charge in [0.1, 0.15) is 6.10 Å². The number of aliphatic hydroxyl groups is 1. The highest BCUT2D eigenvalue weighted by Gasteiger charge is 2.09. The molecule has 0 spiro atoms. The van der Waals surface area contributed by atoms with Gasteiger partial charge in [-0.15, -0.1) is 0 Å². The summed E-state index contributed by atoms with van der Waals surface area (Å²) in [6, 6.07) is 7.89. The van der Waals surface area contributed by atoms with Crippen molar-refractivity contribution in [3.63, 3.8) is 0 Å². The number of hydrogen-bond donors (Lipinski definition) is 1. The van der Waals surface area contributed by atoms with Gasteiger partial charge in [-0.3, -0.25) is 0 Å². The van der Waals surface area contributed by atoms with Gasteiger partial charge in [-0.25, -0.2) is 0 Å². The molecule has 16 heavy (non-hydrogen) atoms. The molecule has 1 rings (SSSR count). The summed E-state index contributed by atoms with van der Waals surface area (Å²) in [4.78, 5) is 0. The van der Waals surface area contributed by atoms with Crippen LogP contribution in [0.4, 0.5) is 0 Å². The SMILES string of the molecule is CCCCCOCC(O)c1ccccc1C. The number of ether oxygens (including phenoxy) is 1. The van der Waals surface area contributed by atoms with Crippen LogP contribution in [0.25, 0.3) is 0 Å². The van der Waals surface area contributed by atoms with Crippen molar-refractivity contribution in [1.29, 1.82) is 0 Å². The Morgan fingerprint density at radius 1 is 1.25 bits per heavy atom. The van der Waals surface area contributed by atoms with E-state index in [1.54, 1.807) is 0 Å². The highest BCUT2D eigenvalue weighted by atomic mass is 16.5. The first-order chi connectivity index (χ1) is 7.75. The molecule has 0 radical (unpaired) electrons. The number of unbranched alkanes of at least 4 members (excludes halogenated alkanes) is 2. The lowest BCUT2D eigenvalue weighted by atomic mass is 10.0. The minimum Gasteiger partial charge on any atom is -0.386 e. The fraction of sp³-hybridized carbons (Fsp3) is 0.571. The molecular formula is C14H22O2. The summed E-state index contributed by atoms with van der Waals surface area (Å²) in [5, 5.41) is 9.93. The molecule has 2 heteroatoms. The quantitative estimate of drug-likeness (QED) is 0.718. The summed E-state index contributed by atoms with van der Waals surface area (Å²) in [5.41, 5.74) is 2.09. The molecule has 90 valence electrons. The van der Waals surface area contributed by atoms with Crippen LogP contribution in [-0.4, -0.2) is 18.3 Å². The highest BCUT2D eigenvalue weighted by molar-refractivity contribution is 5.27. The molecule has 0 aliphatic heterocycles. The van der Waals surface area contributed by atoms with Gasteiger partial charge in [-0.05, 0) is 24.5 Å². The van der Waals surface area contributed by atoms with Crippen molar-refractivity contribution in [3.8, 4) is 0 Å². The molecule has 0 saturated carbocycles. The van der Waals surface area contributed by atoms with Crippen LogP contribution in [0.1, 0.15) is 43.4 Å². The second-order valence-corrected chi connectivity index (χ2v) is 4.15. The van der Waals surface area contributed by atoms with Crippen LogP contribution in [0.3, 0.4) is 0 Å². The van der Waals surface area contributed by atoms with Crippen LogP contribution in [0, 0.1) is 6.92 Å². The smallest absolute Gasteiger partial charge is 0.103 e. The lowest BCUT2D eigenvalue weighted by molar-refractivity contribution is 0.0342. The van der Waals surface area contributed by atoms with Gasteiger partial charge < -0.3 is 9.84 Å². The van der Waals surface area contributed by atoms with E-state index in [9.17, 15) is 5.11 Å². The van der Waals surface area contributed by atoms with Gasteiger partial charge in [0.25, 0.3) is 0 Å². The molecule has 0 heterocycles. The molecule has 2 nitrogen and oxygen atoms in total. The molecule has 0 fully saturated rings. The maximum atomic E-state index is 9.93. The standard InChI is InChI=1S/C14H22O2/c1-3-4-7-10-16-11-14(15)13-9-6-5-8-12(13)2/h5-6,8-9,14-15H,3-4,7,10-11H2,1-2H3. The van der Waals surface area contributed by atoms with Crippen molar-refractivity contribution in [2.75, 3.05) is 13.2 Å². The third-order valence-electron chi connectivity index (χ3n) is 2.72. The third-order valence-corrected chi connectivity index (χ3v) is 2.72. The van der Waals surface area contributed by atoms with Gasteiger partial charge in [0.2, 0.25) is 0 Å². The monoisotopic (exact) mass is 222 g/mol. The molecule has 0 aromatic heterocycles. The van der Waals surface area contributed by atoms with Crippen LogP contribution in [0.2, 0.25) is 0 Å². The van der Waals surface area contributed by atoms with E-state index >= 15 is 0 Å². The average Bonchev–Trinajstić information content (AvgIpc) is 2.29. The fourth-order valence-electron chi connectivity index (χ4n) is 1.70. The van der Waals surface area contributed by atoms with Crippen molar-refractivity contribution < 1.29 is 9.84 Å². The zero-order valence-electron chi connectivity index (χ0n) is 10.3. The average molecular weight is 222 g/mol. The fourth-order valence-corrected chi connectivity index (χ4v) is 1.70. The lowest BCUT2D eigenvalue weighted by Crippen LogP contribution is -2.09. The first-order valence-corrected chi connectivity index (χ1v) is 6.07. The van der Waals surface area contributed by atoms with Gasteiger partial charge in [-0.2, -0.15) is 0 Å². The zero-order chi connectivity index (χ0) is 11.8. The van der Waals surface area contributed by atoms with E-state index in [4.69, 9.17) is 4.74 Å². The Balaban J connectivity index is 2.30. The summed E-state index contributed by atoms with van der Waals surface area (Å²) in [7, 11) is 0. The predicted molar refractivity (Wildman–Crippen MR) is 66.5 cm³/mol. The minimum atomic E-state index is -0.497. The second-order valence-electron chi connectivity index (χ2n) is 4.15. The molecule has 1 unspecified atom stereocenters. The Kier molecular flexibility index (Phi) is 6.12. The molecule has 1 aromatic carbocycles. The molecule has 1 N–H and O–H groups in total. The topological polar surface area (TPSA) is 29.5 Å². The van der Waals surface area contributed by atoms with E-state index in [1.165, 1.54) is 12.8 Å². The minimum absolute atomic E-state index is 0.397. The molecule has 1 aromatic rings. The largest absolute Gasteiger partial charge is 0.386 e.